The minimum Gasteiger partial charge on any atom is -0.369 e. The molecule has 1 aromatic carbocycles. The summed E-state index contributed by atoms with van der Waals surface area (Å²) in [6, 6.07) is 4.56. The molecule has 3 heterocycles. The SMILES string of the molecule is Cc1ccc(S(=O)(=O)NC23CC(Cn4cncn4)(C2)C3)cc1-c1cn2c(N)nc(C(F)(F)F)nc2n1. The molecular formula is C21H20F3N9O2S. The standard InChI is InChI=1S/C21H20F3N9O2S/c1-12-2-3-13(36(34,35)31-20-6-19(7-20,8-20)9-32-11-26-10-27-32)4-14(12)15-5-33-17(25)29-16(21(22,23)24)30-18(33)28-15/h2-5,10-11,31H,6-9H2,1H3,(H2,25,28,29,30). The summed E-state index contributed by atoms with van der Waals surface area (Å²) in [6.45, 7) is 2.44. The van der Waals surface area contributed by atoms with Gasteiger partial charge in [0.05, 0.1) is 10.6 Å². The molecule has 3 saturated carbocycles. The fraction of sp³-hybridized carbons (Fsp3) is 0.381. The monoisotopic (exact) mass is 519 g/mol. The maximum Gasteiger partial charge on any atom is 0.451 e. The van der Waals surface area contributed by atoms with E-state index in [0.717, 1.165) is 4.40 Å². The average Bonchev–Trinajstić information content (AvgIpc) is 3.40. The third-order valence-corrected chi connectivity index (χ3v) is 8.44. The van der Waals surface area contributed by atoms with Crippen molar-refractivity contribution in [3.8, 4) is 11.3 Å². The van der Waals surface area contributed by atoms with Crippen LogP contribution in [0, 0.1) is 12.3 Å². The van der Waals surface area contributed by atoms with Crippen LogP contribution in [-0.4, -0.2) is 48.1 Å². The fourth-order valence-corrected chi connectivity index (χ4v) is 6.90. The van der Waals surface area contributed by atoms with Gasteiger partial charge >= 0.3 is 6.18 Å². The van der Waals surface area contributed by atoms with Crippen molar-refractivity contribution in [2.45, 2.75) is 49.3 Å². The zero-order valence-electron chi connectivity index (χ0n) is 18.9. The number of imidazole rings is 1. The Morgan fingerprint density at radius 3 is 2.58 bits per heavy atom. The van der Waals surface area contributed by atoms with Gasteiger partial charge in [0.2, 0.25) is 27.6 Å². The van der Waals surface area contributed by atoms with Gasteiger partial charge in [-0.1, -0.05) is 6.07 Å². The van der Waals surface area contributed by atoms with Crippen molar-refractivity contribution in [3.63, 3.8) is 0 Å². The van der Waals surface area contributed by atoms with Gasteiger partial charge in [-0.25, -0.2) is 23.1 Å². The first-order valence-electron chi connectivity index (χ1n) is 10.9. The van der Waals surface area contributed by atoms with Crippen molar-refractivity contribution < 1.29 is 21.6 Å². The van der Waals surface area contributed by atoms with Crippen LogP contribution in [0.4, 0.5) is 19.1 Å². The maximum absolute atomic E-state index is 13.2. The summed E-state index contributed by atoms with van der Waals surface area (Å²) >= 11 is 0. The predicted molar refractivity (Wildman–Crippen MR) is 120 cm³/mol. The van der Waals surface area contributed by atoms with Crippen molar-refractivity contribution in [2.75, 3.05) is 5.73 Å². The van der Waals surface area contributed by atoms with E-state index in [4.69, 9.17) is 5.73 Å². The van der Waals surface area contributed by atoms with E-state index < -0.39 is 33.5 Å². The largest absolute Gasteiger partial charge is 0.451 e. The summed E-state index contributed by atoms with van der Waals surface area (Å²) < 4.78 is 71.4. The molecule has 3 aromatic heterocycles. The topological polar surface area (TPSA) is 146 Å². The summed E-state index contributed by atoms with van der Waals surface area (Å²) in [4.78, 5) is 14.9. The number of sulfonamides is 1. The molecular weight excluding hydrogens is 499 g/mol. The fourth-order valence-electron chi connectivity index (χ4n) is 5.48. The van der Waals surface area contributed by atoms with Gasteiger partial charge in [0.25, 0.3) is 0 Å². The molecule has 15 heteroatoms. The van der Waals surface area contributed by atoms with E-state index in [1.165, 1.54) is 24.7 Å². The number of rotatable bonds is 6. The van der Waals surface area contributed by atoms with Gasteiger partial charge in [0.15, 0.2) is 0 Å². The normalized spacial score (nSPS) is 23.4. The molecule has 0 unspecified atom stereocenters. The van der Waals surface area contributed by atoms with Gasteiger partial charge in [-0.05, 0) is 49.3 Å². The van der Waals surface area contributed by atoms with Gasteiger partial charge in [-0.3, -0.25) is 9.08 Å². The molecule has 188 valence electrons. The maximum atomic E-state index is 13.2. The summed E-state index contributed by atoms with van der Waals surface area (Å²) in [6.07, 6.45) is 1.85. The van der Waals surface area contributed by atoms with Crippen molar-refractivity contribution in [2.24, 2.45) is 5.41 Å². The minimum absolute atomic E-state index is 0.0292. The highest BCUT2D eigenvalue weighted by molar-refractivity contribution is 7.89. The van der Waals surface area contributed by atoms with Crippen LogP contribution in [0.1, 0.15) is 30.7 Å². The van der Waals surface area contributed by atoms with Crippen LogP contribution in [0.15, 0.2) is 41.9 Å². The highest BCUT2D eigenvalue weighted by atomic mass is 32.2. The van der Waals surface area contributed by atoms with Crippen LogP contribution in [0.5, 0.6) is 0 Å². The van der Waals surface area contributed by atoms with Crippen molar-refractivity contribution in [1.29, 1.82) is 0 Å². The molecule has 0 atom stereocenters. The molecule has 0 saturated heterocycles. The van der Waals surface area contributed by atoms with Crippen molar-refractivity contribution in [1.82, 2.24) is 38.8 Å². The lowest BCUT2D eigenvalue weighted by Crippen LogP contribution is -2.75. The number of aryl methyl sites for hydroxylation is 1. The number of nitrogens with two attached hydrogens (primary N) is 1. The van der Waals surface area contributed by atoms with Crippen LogP contribution in [-0.2, 0) is 22.7 Å². The van der Waals surface area contributed by atoms with Crippen molar-refractivity contribution in [3.05, 3.63) is 48.4 Å². The van der Waals surface area contributed by atoms with Crippen LogP contribution in [0.25, 0.3) is 17.0 Å². The van der Waals surface area contributed by atoms with Gasteiger partial charge in [-0.15, -0.1) is 0 Å². The Balaban J connectivity index is 1.26. The number of fused-ring (bicyclic) bond motifs is 1. The Labute approximate surface area is 202 Å². The molecule has 7 rings (SSSR count). The van der Waals surface area contributed by atoms with E-state index in [1.807, 2.05) is 0 Å². The number of alkyl halides is 3. The highest BCUT2D eigenvalue weighted by Crippen LogP contribution is 2.68. The number of anilines is 1. The zero-order valence-corrected chi connectivity index (χ0v) is 19.7. The second-order valence-electron chi connectivity index (χ2n) is 9.69. The molecule has 3 aliphatic carbocycles. The van der Waals surface area contributed by atoms with Gasteiger partial charge in [0.1, 0.15) is 12.7 Å². The molecule has 3 fully saturated rings. The van der Waals surface area contributed by atoms with Crippen LogP contribution in [0.2, 0.25) is 0 Å². The van der Waals surface area contributed by atoms with Gasteiger partial charge in [0, 0.05) is 23.8 Å². The summed E-state index contributed by atoms with van der Waals surface area (Å²) in [5.41, 5.74) is 6.57. The molecule has 0 spiro atoms. The summed E-state index contributed by atoms with van der Waals surface area (Å²) in [5, 5.41) is 4.12. The number of hydrogen-bond donors (Lipinski definition) is 2. The van der Waals surface area contributed by atoms with Crippen LogP contribution in [0.3, 0.4) is 0 Å². The Hall–Kier alpha value is -3.59. The van der Waals surface area contributed by atoms with E-state index in [-0.39, 0.29) is 21.8 Å². The molecule has 0 amide bonds. The lowest BCUT2D eigenvalue weighted by molar-refractivity contribution is -0.153. The number of nitrogens with zero attached hydrogens (tertiary/aromatic N) is 7. The number of halogens is 3. The second kappa shape index (κ2) is 7.22. The van der Waals surface area contributed by atoms with Crippen molar-refractivity contribution >= 4 is 21.7 Å². The van der Waals surface area contributed by atoms with E-state index in [9.17, 15) is 21.6 Å². The van der Waals surface area contributed by atoms with Gasteiger partial charge < -0.3 is 5.73 Å². The zero-order chi connectivity index (χ0) is 25.5. The predicted octanol–water partition coefficient (Wildman–Crippen LogP) is 2.19. The highest BCUT2D eigenvalue weighted by Gasteiger charge is 2.69. The minimum atomic E-state index is -4.78. The second-order valence-corrected chi connectivity index (χ2v) is 11.4. The molecule has 0 radical (unpaired) electrons. The summed E-state index contributed by atoms with van der Waals surface area (Å²) in [7, 11) is -3.86. The number of benzene rings is 1. The molecule has 11 nitrogen and oxygen atoms in total. The van der Waals surface area contributed by atoms with Crippen LogP contribution < -0.4 is 10.5 Å². The first-order valence-corrected chi connectivity index (χ1v) is 12.4. The van der Waals surface area contributed by atoms with E-state index >= 15 is 0 Å². The Kier molecular flexibility index (Phi) is 4.58. The first-order chi connectivity index (χ1) is 16.9. The first kappa shape index (κ1) is 22.8. The molecule has 3 aliphatic rings. The third-order valence-electron chi connectivity index (χ3n) is 6.86. The van der Waals surface area contributed by atoms with Gasteiger partial charge in [-0.2, -0.15) is 28.2 Å². The molecule has 2 bridgehead atoms. The Bertz CT molecular complexity index is 1590. The Morgan fingerprint density at radius 1 is 1.17 bits per heavy atom. The lowest BCUT2D eigenvalue weighted by Gasteiger charge is -2.70. The molecule has 36 heavy (non-hydrogen) atoms. The van der Waals surface area contributed by atoms with E-state index in [2.05, 4.69) is 29.8 Å². The third kappa shape index (κ3) is 3.61. The van der Waals surface area contributed by atoms with E-state index in [0.29, 0.717) is 36.9 Å². The summed E-state index contributed by atoms with van der Waals surface area (Å²) in [5.74, 6) is -2.12. The number of aromatic nitrogens is 7. The average molecular weight is 520 g/mol. The number of nitrogens with one attached hydrogen (secondary N) is 1. The number of hydrogen-bond acceptors (Lipinski definition) is 8. The smallest absolute Gasteiger partial charge is 0.369 e. The molecule has 3 N–H and O–H groups in total. The number of nitrogen functional groups attached to an aromatic ring is 1. The molecule has 4 aromatic rings. The van der Waals surface area contributed by atoms with E-state index in [1.54, 1.807) is 24.0 Å². The quantitative estimate of drug-likeness (QED) is 0.394. The Morgan fingerprint density at radius 2 is 1.92 bits per heavy atom. The molecule has 0 aliphatic heterocycles. The lowest BCUT2D eigenvalue weighted by atomic mass is 9.40. The van der Waals surface area contributed by atoms with Crippen LogP contribution >= 0.6 is 0 Å².